The lowest BCUT2D eigenvalue weighted by Crippen LogP contribution is -2.15. The van der Waals surface area contributed by atoms with Crippen molar-refractivity contribution in [2.24, 2.45) is 5.92 Å². The highest BCUT2D eigenvalue weighted by Gasteiger charge is 2.32. The first kappa shape index (κ1) is 17.0. The van der Waals surface area contributed by atoms with Crippen LogP contribution in [-0.2, 0) is 19.4 Å². The lowest BCUT2D eigenvalue weighted by atomic mass is 9.82. The van der Waals surface area contributed by atoms with E-state index >= 15 is 0 Å². The topological polar surface area (TPSA) is 88.5 Å². The summed E-state index contributed by atoms with van der Waals surface area (Å²) in [5, 5.41) is 9.19. The number of hydrogen-bond donors (Lipinski definition) is 1. The molecule has 0 aliphatic heterocycles. The number of benzene rings is 1. The average molecular weight is 345 g/mol. The van der Waals surface area contributed by atoms with Gasteiger partial charge in [0, 0.05) is 19.1 Å². The first-order chi connectivity index (χ1) is 10.2. The van der Waals surface area contributed by atoms with Crippen LogP contribution >= 0.6 is 11.6 Å². The van der Waals surface area contributed by atoms with Crippen molar-refractivity contribution >= 4 is 33.2 Å². The average Bonchev–Trinajstić information content (AvgIpc) is 2.80. The van der Waals surface area contributed by atoms with E-state index in [-0.39, 0.29) is 34.0 Å². The molecule has 7 heteroatoms. The first-order valence-corrected chi connectivity index (χ1v) is 9.18. The monoisotopic (exact) mass is 344 g/mol. The molecule has 1 aromatic rings. The Labute approximate surface area is 134 Å². The Morgan fingerprint density at radius 1 is 1.45 bits per heavy atom. The van der Waals surface area contributed by atoms with Crippen molar-refractivity contribution in [2.75, 3.05) is 6.26 Å². The number of carboxylic acid groups (broad SMARTS) is 1. The predicted octanol–water partition coefficient (Wildman–Crippen LogP) is 2.67. The third-order valence-electron chi connectivity index (χ3n) is 4.03. The third-order valence-corrected chi connectivity index (χ3v) is 5.61. The fourth-order valence-electron chi connectivity index (χ4n) is 2.98. The number of Topliss-reactive ketones (excluding diaryl/α,β-unsaturated/α-hetero) is 1. The van der Waals surface area contributed by atoms with Crippen LogP contribution in [-0.4, -0.2) is 31.5 Å². The van der Waals surface area contributed by atoms with E-state index in [0.717, 1.165) is 6.26 Å². The molecule has 0 heterocycles. The van der Waals surface area contributed by atoms with Crippen LogP contribution < -0.4 is 0 Å². The van der Waals surface area contributed by atoms with Gasteiger partial charge in [0.05, 0.1) is 16.3 Å². The molecule has 0 spiro atoms. The lowest BCUT2D eigenvalue weighted by Gasteiger charge is -2.22. The highest BCUT2D eigenvalue weighted by Crippen LogP contribution is 2.39. The number of carbonyl (C=O) groups is 2. The van der Waals surface area contributed by atoms with Gasteiger partial charge < -0.3 is 5.11 Å². The summed E-state index contributed by atoms with van der Waals surface area (Å²) in [4.78, 5) is 22.6. The van der Waals surface area contributed by atoms with Gasteiger partial charge in [0.2, 0.25) is 0 Å². The number of ketones is 1. The molecule has 1 aliphatic rings. The number of rotatable bonds is 5. The standard InChI is InChI=1S/C15H17ClO5S/c1-22(20,21)14-5-3-10(7-13(14)16)12(8-15(18)19)9-2-4-11(17)6-9/h3,5,7,9,12H,2,4,6,8H2,1H3,(H,18,19). The van der Waals surface area contributed by atoms with E-state index in [0.29, 0.717) is 24.8 Å². The zero-order chi connectivity index (χ0) is 16.5. The molecule has 1 saturated carbocycles. The van der Waals surface area contributed by atoms with Gasteiger partial charge in [0.15, 0.2) is 9.84 Å². The van der Waals surface area contributed by atoms with Gasteiger partial charge in [-0.3, -0.25) is 9.59 Å². The van der Waals surface area contributed by atoms with E-state index in [1.807, 2.05) is 0 Å². The molecule has 22 heavy (non-hydrogen) atoms. The summed E-state index contributed by atoms with van der Waals surface area (Å²) in [5.41, 5.74) is 0.666. The normalized spacial score (nSPS) is 20.1. The molecule has 120 valence electrons. The summed E-state index contributed by atoms with van der Waals surface area (Å²) in [6.07, 6.45) is 2.45. The summed E-state index contributed by atoms with van der Waals surface area (Å²) in [6, 6.07) is 4.51. The van der Waals surface area contributed by atoms with Gasteiger partial charge in [-0.05, 0) is 36.0 Å². The van der Waals surface area contributed by atoms with E-state index in [2.05, 4.69) is 0 Å². The molecular formula is C15H17ClO5S. The fourth-order valence-corrected chi connectivity index (χ4v) is 4.32. The van der Waals surface area contributed by atoms with Gasteiger partial charge in [0.25, 0.3) is 0 Å². The Bertz CT molecular complexity index is 711. The summed E-state index contributed by atoms with van der Waals surface area (Å²) in [6.45, 7) is 0. The van der Waals surface area contributed by atoms with E-state index in [1.165, 1.54) is 12.1 Å². The smallest absolute Gasteiger partial charge is 0.303 e. The van der Waals surface area contributed by atoms with Crippen molar-refractivity contribution in [3.63, 3.8) is 0 Å². The molecule has 0 amide bonds. The summed E-state index contributed by atoms with van der Waals surface area (Å²) >= 11 is 6.04. The second-order valence-electron chi connectivity index (χ2n) is 5.71. The number of hydrogen-bond acceptors (Lipinski definition) is 4. The molecule has 0 radical (unpaired) electrons. The SMILES string of the molecule is CS(=O)(=O)c1ccc(C(CC(=O)O)C2CCC(=O)C2)cc1Cl. The molecule has 2 atom stereocenters. The van der Waals surface area contributed by atoms with Crippen LogP contribution in [0, 0.1) is 5.92 Å². The molecule has 1 aliphatic carbocycles. The zero-order valence-electron chi connectivity index (χ0n) is 12.1. The molecule has 1 fully saturated rings. The molecule has 0 saturated heterocycles. The first-order valence-electron chi connectivity index (χ1n) is 6.91. The summed E-state index contributed by atoms with van der Waals surface area (Å²) in [5.74, 6) is -1.19. The lowest BCUT2D eigenvalue weighted by molar-refractivity contribution is -0.137. The van der Waals surface area contributed by atoms with Crippen molar-refractivity contribution in [3.05, 3.63) is 28.8 Å². The quantitative estimate of drug-likeness (QED) is 0.887. The number of aliphatic carboxylic acids is 1. The van der Waals surface area contributed by atoms with Crippen LogP contribution in [0.25, 0.3) is 0 Å². The molecule has 2 rings (SSSR count). The Balaban J connectivity index is 2.37. The second-order valence-corrected chi connectivity index (χ2v) is 8.10. The molecule has 1 aromatic carbocycles. The van der Waals surface area contributed by atoms with Crippen LogP contribution in [0.4, 0.5) is 0 Å². The summed E-state index contributed by atoms with van der Waals surface area (Å²) in [7, 11) is -3.43. The van der Waals surface area contributed by atoms with Gasteiger partial charge in [-0.1, -0.05) is 17.7 Å². The maximum Gasteiger partial charge on any atom is 0.303 e. The molecule has 1 N–H and O–H groups in total. The largest absolute Gasteiger partial charge is 0.481 e. The molecule has 5 nitrogen and oxygen atoms in total. The minimum atomic E-state index is -3.43. The minimum absolute atomic E-state index is 0.0227. The third kappa shape index (κ3) is 3.87. The second kappa shape index (κ2) is 6.38. The molecule has 2 unspecified atom stereocenters. The van der Waals surface area contributed by atoms with Crippen molar-refractivity contribution < 1.29 is 23.1 Å². The van der Waals surface area contributed by atoms with E-state index in [9.17, 15) is 18.0 Å². The molecular weight excluding hydrogens is 328 g/mol. The van der Waals surface area contributed by atoms with E-state index in [1.54, 1.807) is 6.07 Å². The zero-order valence-corrected chi connectivity index (χ0v) is 13.7. The van der Waals surface area contributed by atoms with Gasteiger partial charge in [-0.15, -0.1) is 0 Å². The maximum absolute atomic E-state index is 11.6. The van der Waals surface area contributed by atoms with E-state index in [4.69, 9.17) is 16.7 Å². The minimum Gasteiger partial charge on any atom is -0.481 e. The number of carboxylic acids is 1. The number of carbonyl (C=O) groups excluding carboxylic acids is 1. The van der Waals surface area contributed by atoms with Gasteiger partial charge in [0.1, 0.15) is 5.78 Å². The van der Waals surface area contributed by atoms with Crippen LogP contribution in [0.5, 0.6) is 0 Å². The van der Waals surface area contributed by atoms with Crippen LogP contribution in [0.1, 0.15) is 37.2 Å². The van der Waals surface area contributed by atoms with Crippen molar-refractivity contribution in [1.82, 2.24) is 0 Å². The Morgan fingerprint density at radius 3 is 2.59 bits per heavy atom. The van der Waals surface area contributed by atoms with Gasteiger partial charge in [-0.25, -0.2) is 8.42 Å². The van der Waals surface area contributed by atoms with Gasteiger partial charge in [-0.2, -0.15) is 0 Å². The van der Waals surface area contributed by atoms with Crippen LogP contribution in [0.3, 0.4) is 0 Å². The highest BCUT2D eigenvalue weighted by molar-refractivity contribution is 7.90. The van der Waals surface area contributed by atoms with Crippen LogP contribution in [0.15, 0.2) is 23.1 Å². The van der Waals surface area contributed by atoms with Crippen molar-refractivity contribution in [3.8, 4) is 0 Å². The predicted molar refractivity (Wildman–Crippen MR) is 81.9 cm³/mol. The van der Waals surface area contributed by atoms with Crippen molar-refractivity contribution in [2.45, 2.75) is 36.5 Å². The van der Waals surface area contributed by atoms with E-state index < -0.39 is 15.8 Å². The Morgan fingerprint density at radius 2 is 2.14 bits per heavy atom. The maximum atomic E-state index is 11.6. The number of halogens is 1. The molecule has 0 aromatic heterocycles. The summed E-state index contributed by atoms with van der Waals surface area (Å²) < 4.78 is 23.2. The van der Waals surface area contributed by atoms with Gasteiger partial charge >= 0.3 is 5.97 Å². The Hall–Kier alpha value is -1.40. The fraction of sp³-hybridized carbons (Fsp3) is 0.467. The Kier molecular flexibility index (Phi) is 4.92. The number of sulfone groups is 1. The highest BCUT2D eigenvalue weighted by atomic mass is 35.5. The van der Waals surface area contributed by atoms with Crippen LogP contribution in [0.2, 0.25) is 5.02 Å². The van der Waals surface area contributed by atoms with Crippen molar-refractivity contribution in [1.29, 1.82) is 0 Å². The molecule has 0 bridgehead atoms.